The monoisotopic (exact) mass is 395 g/mol. The molecule has 7 heteroatoms. The van der Waals surface area contributed by atoms with Gasteiger partial charge < -0.3 is 19.5 Å². The van der Waals surface area contributed by atoms with Gasteiger partial charge in [-0.2, -0.15) is 0 Å². The molecule has 2 aromatic carbocycles. The average molecular weight is 395 g/mol. The summed E-state index contributed by atoms with van der Waals surface area (Å²) >= 11 is 0. The molecule has 0 radical (unpaired) electrons. The molecule has 0 saturated heterocycles. The van der Waals surface area contributed by atoms with Crippen LogP contribution in [0.25, 0.3) is 6.08 Å². The van der Waals surface area contributed by atoms with E-state index in [0.29, 0.717) is 41.2 Å². The molecule has 0 unspecified atom stereocenters. The van der Waals surface area contributed by atoms with Gasteiger partial charge in [0.2, 0.25) is 5.91 Å². The largest absolute Gasteiger partial charge is 0.497 e. The van der Waals surface area contributed by atoms with Crippen molar-refractivity contribution in [1.82, 2.24) is 0 Å². The van der Waals surface area contributed by atoms with E-state index >= 15 is 0 Å². The zero-order chi connectivity index (χ0) is 20.8. The SMILES string of the molecule is COc1cc(/C=C/C(=O)OCC(=O)c2ccc3c(c2)CCC(=O)N3)cc(OC)c1. The Morgan fingerprint density at radius 1 is 1.03 bits per heavy atom. The number of aryl methyl sites for hydroxylation is 1. The second kappa shape index (κ2) is 9.05. The van der Waals surface area contributed by atoms with Crippen LogP contribution in [0.2, 0.25) is 0 Å². The molecule has 29 heavy (non-hydrogen) atoms. The fraction of sp³-hybridized carbons (Fsp3) is 0.227. The molecule has 1 aliphatic heterocycles. The quantitative estimate of drug-likeness (QED) is 0.440. The predicted molar refractivity (Wildman–Crippen MR) is 107 cm³/mol. The van der Waals surface area contributed by atoms with Gasteiger partial charge in [-0.15, -0.1) is 0 Å². The van der Waals surface area contributed by atoms with Gasteiger partial charge in [-0.1, -0.05) is 0 Å². The molecule has 0 atom stereocenters. The van der Waals surface area contributed by atoms with E-state index in [1.54, 1.807) is 42.5 Å². The van der Waals surface area contributed by atoms with Crippen molar-refractivity contribution < 1.29 is 28.6 Å². The van der Waals surface area contributed by atoms with Crippen molar-refractivity contribution >= 4 is 29.4 Å². The maximum atomic E-state index is 12.3. The Morgan fingerprint density at radius 3 is 2.45 bits per heavy atom. The van der Waals surface area contributed by atoms with Crippen LogP contribution in [0.1, 0.15) is 27.9 Å². The molecule has 7 nitrogen and oxygen atoms in total. The Hall–Kier alpha value is -3.61. The highest BCUT2D eigenvalue weighted by Gasteiger charge is 2.17. The van der Waals surface area contributed by atoms with E-state index < -0.39 is 5.97 Å². The first-order valence-corrected chi connectivity index (χ1v) is 9.02. The first kappa shape index (κ1) is 20.1. The van der Waals surface area contributed by atoms with Crippen molar-refractivity contribution in [3.8, 4) is 11.5 Å². The summed E-state index contributed by atoms with van der Waals surface area (Å²) in [6.45, 7) is -0.365. The lowest BCUT2D eigenvalue weighted by Crippen LogP contribution is -2.20. The van der Waals surface area contributed by atoms with Gasteiger partial charge in [-0.3, -0.25) is 9.59 Å². The number of rotatable bonds is 7. The van der Waals surface area contributed by atoms with E-state index in [4.69, 9.17) is 14.2 Å². The fourth-order valence-electron chi connectivity index (χ4n) is 2.91. The molecule has 150 valence electrons. The summed E-state index contributed by atoms with van der Waals surface area (Å²) < 4.78 is 15.4. The van der Waals surface area contributed by atoms with Crippen LogP contribution in [0.15, 0.2) is 42.5 Å². The molecule has 3 rings (SSSR count). The van der Waals surface area contributed by atoms with E-state index in [-0.39, 0.29) is 18.3 Å². The summed E-state index contributed by atoms with van der Waals surface area (Å²) in [6.07, 6.45) is 3.76. The van der Waals surface area contributed by atoms with Gasteiger partial charge in [0.1, 0.15) is 11.5 Å². The van der Waals surface area contributed by atoms with Crippen LogP contribution in [-0.2, 0) is 20.7 Å². The highest BCUT2D eigenvalue weighted by atomic mass is 16.5. The standard InChI is InChI=1S/C22H21NO6/c1-27-17-9-14(10-18(12-17)28-2)3-8-22(26)29-13-20(24)16-4-6-19-15(11-16)5-7-21(25)23-19/h3-4,6,8-12H,5,7,13H2,1-2H3,(H,23,25)/b8-3+. The summed E-state index contributed by atoms with van der Waals surface area (Å²) in [6, 6.07) is 10.2. The fourth-order valence-corrected chi connectivity index (χ4v) is 2.91. The Balaban J connectivity index is 1.59. The van der Waals surface area contributed by atoms with Gasteiger partial charge in [-0.05, 0) is 54.0 Å². The van der Waals surface area contributed by atoms with Crippen LogP contribution >= 0.6 is 0 Å². The normalized spacial score (nSPS) is 12.8. The maximum Gasteiger partial charge on any atom is 0.331 e. The minimum Gasteiger partial charge on any atom is -0.497 e. The maximum absolute atomic E-state index is 12.3. The number of carbonyl (C=O) groups is 3. The van der Waals surface area contributed by atoms with E-state index in [1.165, 1.54) is 20.3 Å². The zero-order valence-corrected chi connectivity index (χ0v) is 16.2. The molecule has 0 saturated carbocycles. The van der Waals surface area contributed by atoms with Crippen molar-refractivity contribution in [3.63, 3.8) is 0 Å². The van der Waals surface area contributed by atoms with E-state index in [2.05, 4.69) is 5.32 Å². The van der Waals surface area contributed by atoms with E-state index in [9.17, 15) is 14.4 Å². The lowest BCUT2D eigenvalue weighted by Gasteiger charge is -2.17. The molecule has 2 aromatic rings. The van der Waals surface area contributed by atoms with Crippen molar-refractivity contribution in [3.05, 3.63) is 59.2 Å². The summed E-state index contributed by atoms with van der Waals surface area (Å²) in [5.74, 6) is 0.207. The lowest BCUT2D eigenvalue weighted by atomic mass is 9.99. The summed E-state index contributed by atoms with van der Waals surface area (Å²) in [5.41, 5.74) is 2.75. The molecule has 0 aliphatic carbocycles. The van der Waals surface area contributed by atoms with Crippen LogP contribution in [0, 0.1) is 0 Å². The zero-order valence-electron chi connectivity index (χ0n) is 16.2. The second-order valence-corrected chi connectivity index (χ2v) is 6.43. The van der Waals surface area contributed by atoms with Crippen molar-refractivity contribution in [1.29, 1.82) is 0 Å². The summed E-state index contributed by atoms with van der Waals surface area (Å²) in [5, 5.41) is 2.76. The Morgan fingerprint density at radius 2 is 1.76 bits per heavy atom. The Kier molecular flexibility index (Phi) is 6.29. The molecule has 0 bridgehead atoms. The number of carbonyl (C=O) groups excluding carboxylic acids is 3. The van der Waals surface area contributed by atoms with Crippen LogP contribution in [0.3, 0.4) is 0 Å². The number of ether oxygens (including phenoxy) is 3. The van der Waals surface area contributed by atoms with Gasteiger partial charge in [0.05, 0.1) is 14.2 Å². The van der Waals surface area contributed by atoms with E-state index in [0.717, 1.165) is 5.56 Å². The van der Waals surface area contributed by atoms with Gasteiger partial charge >= 0.3 is 5.97 Å². The molecular formula is C22H21NO6. The summed E-state index contributed by atoms with van der Waals surface area (Å²) in [4.78, 5) is 35.7. The van der Waals surface area contributed by atoms with Crippen LogP contribution in [0.5, 0.6) is 11.5 Å². The molecule has 0 fully saturated rings. The molecule has 1 amide bonds. The van der Waals surface area contributed by atoms with Gasteiger partial charge in [0.15, 0.2) is 12.4 Å². The molecule has 1 aliphatic rings. The van der Waals surface area contributed by atoms with E-state index in [1.807, 2.05) is 0 Å². The van der Waals surface area contributed by atoms with Crippen LogP contribution in [0.4, 0.5) is 5.69 Å². The van der Waals surface area contributed by atoms with Gasteiger partial charge in [0, 0.05) is 29.8 Å². The number of fused-ring (bicyclic) bond motifs is 1. The Labute approximate surface area is 168 Å². The highest BCUT2D eigenvalue weighted by molar-refractivity contribution is 6.00. The predicted octanol–water partition coefficient (Wildman–Crippen LogP) is 3.03. The van der Waals surface area contributed by atoms with Crippen LogP contribution < -0.4 is 14.8 Å². The van der Waals surface area contributed by atoms with Gasteiger partial charge in [-0.25, -0.2) is 4.79 Å². The third-order valence-electron chi connectivity index (χ3n) is 4.45. The minimum absolute atomic E-state index is 0.0362. The number of hydrogen-bond donors (Lipinski definition) is 1. The average Bonchev–Trinajstić information content (AvgIpc) is 2.75. The summed E-state index contributed by atoms with van der Waals surface area (Å²) in [7, 11) is 3.08. The third kappa shape index (κ3) is 5.22. The number of ketones is 1. The number of amides is 1. The minimum atomic E-state index is -0.634. The molecule has 0 aromatic heterocycles. The second-order valence-electron chi connectivity index (χ2n) is 6.43. The molecule has 1 N–H and O–H groups in total. The number of methoxy groups -OCH3 is 2. The van der Waals surface area contributed by atoms with Crippen LogP contribution in [-0.4, -0.2) is 38.5 Å². The first-order valence-electron chi connectivity index (χ1n) is 9.02. The third-order valence-corrected chi connectivity index (χ3v) is 4.45. The van der Waals surface area contributed by atoms with Crippen molar-refractivity contribution in [2.45, 2.75) is 12.8 Å². The Bertz CT molecular complexity index is 957. The van der Waals surface area contributed by atoms with Gasteiger partial charge in [0.25, 0.3) is 0 Å². The highest BCUT2D eigenvalue weighted by Crippen LogP contribution is 2.24. The number of Topliss-reactive ketones (excluding diaryl/α,β-unsaturated/α-hetero) is 1. The smallest absolute Gasteiger partial charge is 0.331 e. The number of benzene rings is 2. The lowest BCUT2D eigenvalue weighted by molar-refractivity contribution is -0.136. The van der Waals surface area contributed by atoms with Crippen molar-refractivity contribution in [2.75, 3.05) is 26.1 Å². The first-order chi connectivity index (χ1) is 14.0. The number of hydrogen-bond acceptors (Lipinski definition) is 6. The molecular weight excluding hydrogens is 374 g/mol. The molecule has 0 spiro atoms. The topological polar surface area (TPSA) is 90.9 Å². The van der Waals surface area contributed by atoms with Crippen molar-refractivity contribution in [2.24, 2.45) is 0 Å². The number of nitrogens with one attached hydrogen (secondary N) is 1. The molecule has 1 heterocycles. The number of anilines is 1. The number of esters is 1.